The summed E-state index contributed by atoms with van der Waals surface area (Å²) in [6, 6.07) is 3.53. The molecule has 8 nitrogen and oxygen atoms in total. The highest BCUT2D eigenvalue weighted by Crippen LogP contribution is 2.27. The smallest absolute Gasteiger partial charge is 0.270 e. The average Bonchev–Trinajstić information content (AvgIpc) is 2.80. The van der Waals surface area contributed by atoms with Gasteiger partial charge < -0.3 is 4.90 Å². The van der Waals surface area contributed by atoms with Crippen molar-refractivity contribution in [3.8, 4) is 0 Å². The summed E-state index contributed by atoms with van der Waals surface area (Å²) < 4.78 is 0. The molecule has 3 rings (SSSR count). The second-order valence-corrected chi connectivity index (χ2v) is 6.25. The molecule has 1 fully saturated rings. The molecule has 3 amide bonds. The van der Waals surface area contributed by atoms with Gasteiger partial charge >= 0.3 is 0 Å². The summed E-state index contributed by atoms with van der Waals surface area (Å²) in [6.07, 6.45) is 1.81. The topological polar surface area (TPSA) is 101 Å². The fourth-order valence-corrected chi connectivity index (χ4v) is 3.03. The van der Waals surface area contributed by atoms with Crippen molar-refractivity contribution < 1.29 is 19.3 Å². The van der Waals surface area contributed by atoms with Crippen molar-refractivity contribution in [2.24, 2.45) is 5.92 Å². The molecule has 0 bridgehead atoms. The summed E-state index contributed by atoms with van der Waals surface area (Å²) in [4.78, 5) is 49.8. The number of rotatable bonds is 3. The molecule has 1 aromatic rings. The molecule has 0 unspecified atom stereocenters. The predicted molar refractivity (Wildman–Crippen MR) is 83.4 cm³/mol. The highest BCUT2D eigenvalue weighted by Gasteiger charge is 2.38. The quantitative estimate of drug-likeness (QED) is 0.474. The van der Waals surface area contributed by atoms with Crippen molar-refractivity contribution in [3.05, 3.63) is 39.4 Å². The third-order valence-electron chi connectivity index (χ3n) is 4.59. The number of benzene rings is 1. The minimum Gasteiger partial charge on any atom is -0.341 e. The lowest BCUT2D eigenvalue weighted by molar-refractivity contribution is -0.384. The Hall–Kier alpha value is -2.77. The Morgan fingerprint density at radius 2 is 1.83 bits per heavy atom. The number of nitro benzene ring substituents is 1. The summed E-state index contributed by atoms with van der Waals surface area (Å²) in [6.45, 7) is 3.04. The standard InChI is InChI=1S/C16H17N3O5/c1-10-4-6-17(7-5-10)14(20)9-18-15(21)12-3-2-11(19(23)24)8-13(12)16(18)22/h2-3,8,10H,4-7,9H2,1H3. The Morgan fingerprint density at radius 3 is 2.46 bits per heavy atom. The molecule has 1 aromatic carbocycles. The summed E-state index contributed by atoms with van der Waals surface area (Å²) >= 11 is 0. The number of carbonyl (C=O) groups excluding carboxylic acids is 3. The van der Waals surface area contributed by atoms with Crippen LogP contribution in [0.1, 0.15) is 40.5 Å². The van der Waals surface area contributed by atoms with Gasteiger partial charge in [-0.2, -0.15) is 0 Å². The van der Waals surface area contributed by atoms with E-state index < -0.39 is 16.7 Å². The number of non-ortho nitro benzene ring substituents is 1. The van der Waals surface area contributed by atoms with Crippen LogP contribution in [0, 0.1) is 16.0 Å². The number of carbonyl (C=O) groups is 3. The van der Waals surface area contributed by atoms with Crippen LogP contribution in [0.4, 0.5) is 5.69 Å². The second-order valence-electron chi connectivity index (χ2n) is 6.25. The molecule has 8 heteroatoms. The molecule has 0 atom stereocenters. The summed E-state index contributed by atoms with van der Waals surface area (Å²) in [5.41, 5.74) is -0.173. The van der Waals surface area contributed by atoms with Gasteiger partial charge in [-0.15, -0.1) is 0 Å². The largest absolute Gasteiger partial charge is 0.341 e. The highest BCUT2D eigenvalue weighted by molar-refractivity contribution is 6.22. The molecule has 0 saturated carbocycles. The first-order valence-electron chi connectivity index (χ1n) is 7.81. The van der Waals surface area contributed by atoms with Gasteiger partial charge in [0.25, 0.3) is 17.5 Å². The van der Waals surface area contributed by atoms with Gasteiger partial charge in [-0.05, 0) is 24.8 Å². The molecule has 2 aliphatic rings. The fraction of sp³-hybridized carbons (Fsp3) is 0.438. The van der Waals surface area contributed by atoms with E-state index in [0.717, 1.165) is 23.8 Å². The van der Waals surface area contributed by atoms with Gasteiger partial charge in [0, 0.05) is 25.2 Å². The number of nitrogens with zero attached hydrogens (tertiary/aromatic N) is 3. The number of fused-ring (bicyclic) bond motifs is 1. The van der Waals surface area contributed by atoms with Gasteiger partial charge in [0.2, 0.25) is 5.91 Å². The number of imide groups is 1. The molecule has 0 aliphatic carbocycles. The van der Waals surface area contributed by atoms with E-state index in [0.29, 0.717) is 19.0 Å². The van der Waals surface area contributed by atoms with Crippen LogP contribution in [-0.2, 0) is 4.79 Å². The molecule has 0 spiro atoms. The molecule has 24 heavy (non-hydrogen) atoms. The Bertz CT molecular complexity index is 737. The summed E-state index contributed by atoms with van der Waals surface area (Å²) in [7, 11) is 0. The maximum Gasteiger partial charge on any atom is 0.270 e. The number of hydrogen-bond donors (Lipinski definition) is 0. The van der Waals surface area contributed by atoms with Crippen molar-refractivity contribution in [2.45, 2.75) is 19.8 Å². The lowest BCUT2D eigenvalue weighted by Gasteiger charge is -2.31. The zero-order chi connectivity index (χ0) is 17.4. The molecule has 126 valence electrons. The number of likely N-dealkylation sites (tertiary alicyclic amines) is 1. The monoisotopic (exact) mass is 331 g/mol. The van der Waals surface area contributed by atoms with Crippen molar-refractivity contribution in [2.75, 3.05) is 19.6 Å². The third kappa shape index (κ3) is 2.75. The SMILES string of the molecule is CC1CCN(C(=O)CN2C(=O)c3ccc([N+](=O)[O-])cc3C2=O)CC1. The van der Waals surface area contributed by atoms with Crippen LogP contribution in [0.3, 0.4) is 0 Å². The van der Waals surface area contributed by atoms with E-state index in [-0.39, 0.29) is 29.3 Å². The van der Waals surface area contributed by atoms with Crippen LogP contribution >= 0.6 is 0 Å². The first-order valence-corrected chi connectivity index (χ1v) is 7.81. The zero-order valence-corrected chi connectivity index (χ0v) is 13.2. The van der Waals surface area contributed by atoms with E-state index in [1.54, 1.807) is 4.90 Å². The van der Waals surface area contributed by atoms with Gasteiger partial charge in [0.15, 0.2) is 0 Å². The van der Waals surface area contributed by atoms with Crippen LogP contribution in [0.25, 0.3) is 0 Å². The molecule has 2 aliphatic heterocycles. The minimum absolute atomic E-state index is 0.0192. The molecule has 0 aromatic heterocycles. The van der Waals surface area contributed by atoms with E-state index in [9.17, 15) is 24.5 Å². The Morgan fingerprint density at radius 1 is 1.21 bits per heavy atom. The minimum atomic E-state index is -0.655. The molecule has 0 radical (unpaired) electrons. The Balaban J connectivity index is 1.76. The van der Waals surface area contributed by atoms with E-state index in [2.05, 4.69) is 6.92 Å². The van der Waals surface area contributed by atoms with Crippen LogP contribution in [0.5, 0.6) is 0 Å². The second kappa shape index (κ2) is 6.03. The number of piperidine rings is 1. The molecule has 1 saturated heterocycles. The third-order valence-corrected chi connectivity index (χ3v) is 4.59. The summed E-state index contributed by atoms with van der Waals surface area (Å²) in [5, 5.41) is 10.8. The van der Waals surface area contributed by atoms with E-state index in [1.165, 1.54) is 12.1 Å². The maximum absolute atomic E-state index is 12.4. The maximum atomic E-state index is 12.4. The lowest BCUT2D eigenvalue weighted by atomic mass is 9.99. The zero-order valence-electron chi connectivity index (χ0n) is 13.2. The number of nitro groups is 1. The number of hydrogen-bond acceptors (Lipinski definition) is 5. The number of amides is 3. The first kappa shape index (κ1) is 16.1. The first-order chi connectivity index (χ1) is 11.4. The van der Waals surface area contributed by atoms with Crippen LogP contribution in [0.2, 0.25) is 0 Å². The molecule has 0 N–H and O–H groups in total. The van der Waals surface area contributed by atoms with Crippen LogP contribution in [-0.4, -0.2) is 52.1 Å². The average molecular weight is 331 g/mol. The van der Waals surface area contributed by atoms with Gasteiger partial charge in [0.1, 0.15) is 6.54 Å². The van der Waals surface area contributed by atoms with Gasteiger partial charge in [0.05, 0.1) is 16.1 Å². The molecular weight excluding hydrogens is 314 g/mol. The fourth-order valence-electron chi connectivity index (χ4n) is 3.03. The predicted octanol–water partition coefficient (Wildman–Crippen LogP) is 1.45. The normalized spacial score (nSPS) is 18.0. The molecule has 2 heterocycles. The van der Waals surface area contributed by atoms with E-state index >= 15 is 0 Å². The van der Waals surface area contributed by atoms with Gasteiger partial charge in [-0.25, -0.2) is 0 Å². The van der Waals surface area contributed by atoms with Crippen LogP contribution < -0.4 is 0 Å². The molecular formula is C16H17N3O5. The van der Waals surface area contributed by atoms with Crippen LogP contribution in [0.15, 0.2) is 18.2 Å². The van der Waals surface area contributed by atoms with Gasteiger partial charge in [-0.3, -0.25) is 29.4 Å². The van der Waals surface area contributed by atoms with E-state index in [4.69, 9.17) is 0 Å². The van der Waals surface area contributed by atoms with Crippen molar-refractivity contribution >= 4 is 23.4 Å². The van der Waals surface area contributed by atoms with Crippen molar-refractivity contribution in [3.63, 3.8) is 0 Å². The highest BCUT2D eigenvalue weighted by atomic mass is 16.6. The summed E-state index contributed by atoms with van der Waals surface area (Å²) in [5.74, 6) is -0.944. The Kier molecular flexibility index (Phi) is 4.04. The lowest BCUT2D eigenvalue weighted by Crippen LogP contribution is -2.45. The Labute approximate surface area is 138 Å². The van der Waals surface area contributed by atoms with Crippen molar-refractivity contribution in [1.29, 1.82) is 0 Å². The van der Waals surface area contributed by atoms with Crippen molar-refractivity contribution in [1.82, 2.24) is 9.80 Å². The van der Waals surface area contributed by atoms with E-state index in [1.807, 2.05) is 0 Å². The van der Waals surface area contributed by atoms with Gasteiger partial charge in [-0.1, -0.05) is 6.92 Å².